The Kier molecular flexibility index (Phi) is 13.1. The van der Waals surface area contributed by atoms with Gasteiger partial charge in [0.2, 0.25) is 7.37 Å². The predicted octanol–water partition coefficient (Wildman–Crippen LogP) is 10.1. The summed E-state index contributed by atoms with van der Waals surface area (Å²) in [5, 5.41) is -0.301. The number of carbonyl (C=O) groups excluding carboxylic acids is 3. The molecule has 1 saturated heterocycles. The lowest BCUT2D eigenvalue weighted by atomic mass is 9.98. The average Bonchev–Trinajstić information content (AvgIpc) is 3.38. The molecule has 1 aliphatic rings. The number of hydrogen-bond acceptors (Lipinski definition) is 10. The summed E-state index contributed by atoms with van der Waals surface area (Å²) in [4.78, 5) is 45.1. The lowest BCUT2D eigenvalue weighted by Gasteiger charge is -2.46. The van der Waals surface area contributed by atoms with E-state index in [1.165, 1.54) is 10.1 Å². The van der Waals surface area contributed by atoms with E-state index in [2.05, 4.69) is 29.2 Å². The Bertz CT molecular complexity index is 1730. The summed E-state index contributed by atoms with van der Waals surface area (Å²) < 4.78 is 39.4. The van der Waals surface area contributed by atoms with Crippen LogP contribution in [0.3, 0.4) is 0 Å². The zero-order valence-electron chi connectivity index (χ0n) is 32.6. The SMILES string of the molecule is CCOP1(=O)CCN(Cc2sc3ccccc3c2-c2ccccc2)CC1(CCCCN(C(=O)OC(C)(C)C)C(=O)OC(C)(C)C)C(=O)OC(C)(C)C. The van der Waals surface area contributed by atoms with Crippen LogP contribution in [0.15, 0.2) is 54.6 Å². The maximum Gasteiger partial charge on any atom is 0.419 e. The molecule has 2 atom stereocenters. The number of esters is 1. The van der Waals surface area contributed by atoms with Crippen molar-refractivity contribution in [2.75, 3.05) is 32.4 Å². The molecule has 12 heteroatoms. The van der Waals surface area contributed by atoms with Crippen molar-refractivity contribution >= 4 is 46.9 Å². The normalized spacial score (nSPS) is 20.0. The van der Waals surface area contributed by atoms with Gasteiger partial charge in [0, 0.05) is 52.9 Å². The van der Waals surface area contributed by atoms with Gasteiger partial charge in [-0.1, -0.05) is 48.5 Å². The third-order valence-corrected chi connectivity index (χ3v) is 13.0. The molecule has 0 saturated carbocycles. The van der Waals surface area contributed by atoms with Crippen LogP contribution in [-0.2, 0) is 34.6 Å². The van der Waals surface area contributed by atoms with Gasteiger partial charge in [0.25, 0.3) is 0 Å². The van der Waals surface area contributed by atoms with Gasteiger partial charge in [-0.2, -0.15) is 0 Å². The highest BCUT2D eigenvalue weighted by Crippen LogP contribution is 2.64. The van der Waals surface area contributed by atoms with Crippen molar-refractivity contribution < 1.29 is 37.7 Å². The molecule has 2 unspecified atom stereocenters. The number of benzene rings is 2. The molecule has 1 fully saturated rings. The third kappa shape index (κ3) is 10.5. The second-order valence-corrected chi connectivity index (χ2v) is 20.4. The molecule has 4 rings (SSSR count). The monoisotopic (exact) mass is 756 g/mol. The van der Waals surface area contributed by atoms with Gasteiger partial charge in [-0.3, -0.25) is 14.3 Å². The molecule has 286 valence electrons. The molecule has 2 aromatic carbocycles. The van der Waals surface area contributed by atoms with Gasteiger partial charge in [-0.05, 0) is 100 Å². The van der Waals surface area contributed by atoms with Crippen molar-refractivity contribution in [3.63, 3.8) is 0 Å². The van der Waals surface area contributed by atoms with Crippen LogP contribution in [0.2, 0.25) is 0 Å². The quantitative estimate of drug-likeness (QED) is 0.0817. The maximum absolute atomic E-state index is 15.0. The Morgan fingerprint density at radius 3 is 1.98 bits per heavy atom. The summed E-state index contributed by atoms with van der Waals surface area (Å²) in [5.74, 6) is -0.558. The molecule has 52 heavy (non-hydrogen) atoms. The molecule has 0 radical (unpaired) electrons. The minimum Gasteiger partial charge on any atom is -0.459 e. The van der Waals surface area contributed by atoms with Crippen LogP contribution < -0.4 is 0 Å². The van der Waals surface area contributed by atoms with E-state index in [1.807, 2.05) is 30.3 Å². The lowest BCUT2D eigenvalue weighted by molar-refractivity contribution is -0.160. The van der Waals surface area contributed by atoms with Gasteiger partial charge >= 0.3 is 18.2 Å². The van der Waals surface area contributed by atoms with Gasteiger partial charge in [0.1, 0.15) is 16.8 Å². The predicted molar refractivity (Wildman–Crippen MR) is 208 cm³/mol. The topological polar surface area (TPSA) is 112 Å². The zero-order valence-corrected chi connectivity index (χ0v) is 34.3. The highest BCUT2D eigenvalue weighted by Gasteiger charge is 2.59. The van der Waals surface area contributed by atoms with E-state index in [0.717, 1.165) is 20.9 Å². The van der Waals surface area contributed by atoms with E-state index in [1.54, 1.807) is 80.6 Å². The van der Waals surface area contributed by atoms with Crippen molar-refractivity contribution in [3.05, 3.63) is 59.5 Å². The number of rotatable bonds is 11. The van der Waals surface area contributed by atoms with Crippen LogP contribution in [0.25, 0.3) is 21.2 Å². The van der Waals surface area contributed by atoms with Crippen molar-refractivity contribution in [3.8, 4) is 11.1 Å². The summed E-state index contributed by atoms with van der Waals surface area (Å²) in [5.41, 5.74) is -0.220. The molecule has 1 aliphatic heterocycles. The molecule has 2 heterocycles. The minimum absolute atomic E-state index is 0.0148. The van der Waals surface area contributed by atoms with Gasteiger partial charge in [0.15, 0.2) is 5.16 Å². The number of ether oxygens (including phenoxy) is 3. The van der Waals surface area contributed by atoms with Crippen LogP contribution in [0.5, 0.6) is 0 Å². The summed E-state index contributed by atoms with van der Waals surface area (Å²) in [6.45, 7) is 18.9. The van der Waals surface area contributed by atoms with Gasteiger partial charge in [-0.25, -0.2) is 14.5 Å². The van der Waals surface area contributed by atoms with E-state index in [9.17, 15) is 18.9 Å². The van der Waals surface area contributed by atoms with E-state index >= 15 is 0 Å². The molecule has 10 nitrogen and oxygen atoms in total. The second kappa shape index (κ2) is 16.4. The van der Waals surface area contributed by atoms with E-state index < -0.39 is 47.5 Å². The van der Waals surface area contributed by atoms with E-state index in [4.69, 9.17) is 18.7 Å². The second-order valence-electron chi connectivity index (χ2n) is 16.4. The molecule has 0 bridgehead atoms. The van der Waals surface area contributed by atoms with Crippen LogP contribution >= 0.6 is 18.7 Å². The molecular formula is C40H57N2O8PS. The number of unbranched alkanes of at least 4 members (excludes halogenated alkanes) is 1. The molecule has 2 amide bonds. The molecule has 0 aliphatic carbocycles. The standard InChI is InChI=1S/C40H57N2O8PS/c1-11-47-51(46)26-25-41(27-32-33(29-19-13-12-14-20-29)30-21-15-16-22-31(30)52-32)28-40(51,34(43)48-37(2,3)4)23-17-18-24-42(35(44)49-38(5,6)7)36(45)50-39(8,9)10/h12-16,19-22H,11,17-18,23-28H2,1-10H3. The highest BCUT2D eigenvalue weighted by atomic mass is 32.1. The van der Waals surface area contributed by atoms with Crippen molar-refractivity contribution in [2.45, 2.75) is 117 Å². The van der Waals surface area contributed by atoms with Gasteiger partial charge < -0.3 is 18.7 Å². The lowest BCUT2D eigenvalue weighted by Crippen LogP contribution is -2.56. The number of carbonyl (C=O) groups is 3. The van der Waals surface area contributed by atoms with E-state index in [-0.39, 0.29) is 32.3 Å². The van der Waals surface area contributed by atoms with Crippen molar-refractivity contribution in [1.82, 2.24) is 9.80 Å². The first kappa shape index (κ1) is 41.5. The summed E-state index contributed by atoms with van der Waals surface area (Å²) >= 11 is 1.73. The Labute approximate surface area is 313 Å². The Morgan fingerprint density at radius 2 is 1.40 bits per heavy atom. The first-order valence-corrected chi connectivity index (χ1v) is 20.8. The molecule has 1 aromatic heterocycles. The minimum atomic E-state index is -3.60. The Balaban J connectivity index is 1.67. The largest absolute Gasteiger partial charge is 0.459 e. The fraction of sp³-hybridized carbons (Fsp3) is 0.575. The summed E-state index contributed by atoms with van der Waals surface area (Å²) in [7, 11) is -3.60. The highest BCUT2D eigenvalue weighted by molar-refractivity contribution is 7.62. The first-order chi connectivity index (χ1) is 24.2. The number of fused-ring (bicyclic) bond motifs is 1. The van der Waals surface area contributed by atoms with Crippen molar-refractivity contribution in [1.29, 1.82) is 0 Å². The van der Waals surface area contributed by atoms with Gasteiger partial charge in [0.05, 0.1) is 6.61 Å². The third-order valence-electron chi connectivity index (χ3n) is 8.51. The van der Waals surface area contributed by atoms with E-state index in [0.29, 0.717) is 25.9 Å². The van der Waals surface area contributed by atoms with Crippen LogP contribution in [0, 0.1) is 0 Å². The Morgan fingerprint density at radius 1 is 0.827 bits per heavy atom. The number of nitrogens with zero attached hydrogens (tertiary/aromatic N) is 2. The number of imide groups is 1. The fourth-order valence-electron chi connectivity index (χ4n) is 6.41. The number of amides is 2. The molecule has 0 N–H and O–H groups in total. The fourth-order valence-corrected chi connectivity index (χ4v) is 10.7. The molecule has 3 aromatic rings. The number of hydrogen-bond donors (Lipinski definition) is 0. The number of thiophene rings is 1. The van der Waals surface area contributed by atoms with Crippen molar-refractivity contribution in [2.24, 2.45) is 0 Å². The Hall–Kier alpha value is -3.24. The van der Waals surface area contributed by atoms with Crippen LogP contribution in [0.1, 0.15) is 93.4 Å². The molecular weight excluding hydrogens is 699 g/mol. The van der Waals surface area contributed by atoms with Crippen LogP contribution in [-0.4, -0.2) is 82.3 Å². The molecule has 0 spiro atoms. The average molecular weight is 757 g/mol. The van der Waals surface area contributed by atoms with Crippen LogP contribution in [0.4, 0.5) is 9.59 Å². The zero-order chi connectivity index (χ0) is 38.5. The first-order valence-electron chi connectivity index (χ1n) is 18.2. The van der Waals surface area contributed by atoms with Gasteiger partial charge in [-0.15, -0.1) is 11.3 Å². The summed E-state index contributed by atoms with van der Waals surface area (Å²) in [6.07, 6.45) is -0.610. The smallest absolute Gasteiger partial charge is 0.419 e. The maximum atomic E-state index is 15.0. The summed E-state index contributed by atoms with van der Waals surface area (Å²) in [6, 6.07) is 18.6.